The molecule has 1 heterocycles. The normalized spacial score (nSPS) is 11.9. The molecule has 0 amide bonds. The highest BCUT2D eigenvalue weighted by Crippen LogP contribution is 2.05. The smallest absolute Gasteiger partial charge is 0.304 e. The second-order valence-electron chi connectivity index (χ2n) is 3.91. The molecule has 0 saturated carbocycles. The zero-order chi connectivity index (χ0) is 10.6. The van der Waals surface area contributed by atoms with Crippen molar-refractivity contribution in [2.75, 3.05) is 6.54 Å². The van der Waals surface area contributed by atoms with Gasteiger partial charge in [0.15, 0.2) is 0 Å². The van der Waals surface area contributed by atoms with Crippen molar-refractivity contribution in [3.05, 3.63) is 20.7 Å². The fraction of sp³-hybridized carbons (Fsp3) is 0.667. The molecule has 0 unspecified atom stereocenters. The van der Waals surface area contributed by atoms with Crippen LogP contribution in [0.4, 0.5) is 0 Å². The number of thiazole rings is 1. The van der Waals surface area contributed by atoms with Crippen molar-refractivity contribution in [2.45, 2.75) is 32.4 Å². The third-order valence-electron chi connectivity index (χ3n) is 1.80. The molecule has 0 bridgehead atoms. The Morgan fingerprint density at radius 3 is 2.86 bits per heavy atom. The molecule has 80 valence electrons. The summed E-state index contributed by atoms with van der Waals surface area (Å²) in [6.07, 6.45) is 0.696. The molecule has 0 radical (unpaired) electrons. The van der Waals surface area contributed by atoms with Crippen molar-refractivity contribution in [1.29, 1.82) is 0 Å². The Morgan fingerprint density at radius 2 is 2.36 bits per heavy atom. The summed E-state index contributed by atoms with van der Waals surface area (Å²) in [6, 6.07) is 0. The van der Waals surface area contributed by atoms with Crippen LogP contribution in [0, 0.1) is 0 Å². The Hall–Kier alpha value is -0.650. The van der Waals surface area contributed by atoms with Gasteiger partial charge in [0.2, 0.25) is 0 Å². The third-order valence-corrected chi connectivity index (χ3v) is 2.52. The Kier molecular flexibility index (Phi) is 3.86. The summed E-state index contributed by atoms with van der Waals surface area (Å²) < 4.78 is 0. The molecular formula is C9H16N2O2S. The molecule has 5 heteroatoms. The third kappa shape index (κ3) is 4.55. The molecule has 1 aromatic rings. The highest BCUT2D eigenvalue weighted by Gasteiger charge is 2.10. The van der Waals surface area contributed by atoms with E-state index in [1.807, 2.05) is 0 Å². The molecule has 3 N–H and O–H groups in total. The Labute approximate surface area is 87.0 Å². The van der Waals surface area contributed by atoms with Gasteiger partial charge in [-0.15, -0.1) is 0 Å². The minimum absolute atomic E-state index is 0.0238. The second-order valence-corrected chi connectivity index (χ2v) is 4.75. The maximum absolute atomic E-state index is 10.8. The van der Waals surface area contributed by atoms with E-state index in [9.17, 15) is 9.90 Å². The zero-order valence-corrected chi connectivity index (χ0v) is 9.28. The quantitative estimate of drug-likeness (QED) is 0.634. The topological polar surface area (TPSA) is 65.1 Å². The maximum atomic E-state index is 10.8. The minimum Gasteiger partial charge on any atom is -0.390 e. The summed E-state index contributed by atoms with van der Waals surface area (Å²) in [7, 11) is 0. The van der Waals surface area contributed by atoms with Gasteiger partial charge in [0.25, 0.3) is 0 Å². The van der Waals surface area contributed by atoms with Crippen LogP contribution in [0.5, 0.6) is 0 Å². The fourth-order valence-corrected chi connectivity index (χ4v) is 1.60. The average Bonchev–Trinajstić information content (AvgIpc) is 2.44. The van der Waals surface area contributed by atoms with Crippen LogP contribution in [-0.4, -0.2) is 22.2 Å². The van der Waals surface area contributed by atoms with Gasteiger partial charge in [0.05, 0.1) is 5.60 Å². The summed E-state index contributed by atoms with van der Waals surface area (Å²) in [5.41, 5.74) is 0.269. The second kappa shape index (κ2) is 4.72. The Balaban J connectivity index is 2.19. The summed E-state index contributed by atoms with van der Waals surface area (Å²) >= 11 is 1.17. The van der Waals surface area contributed by atoms with Crippen molar-refractivity contribution >= 4 is 11.3 Å². The predicted octanol–water partition coefficient (Wildman–Crippen LogP) is 0.687. The van der Waals surface area contributed by atoms with Crippen LogP contribution in [-0.2, 0) is 6.54 Å². The highest BCUT2D eigenvalue weighted by molar-refractivity contribution is 7.07. The van der Waals surface area contributed by atoms with E-state index in [0.717, 1.165) is 12.2 Å². The molecule has 1 rings (SSSR count). The van der Waals surface area contributed by atoms with Crippen molar-refractivity contribution in [1.82, 2.24) is 10.3 Å². The minimum atomic E-state index is -0.630. The molecule has 0 aromatic carbocycles. The van der Waals surface area contributed by atoms with Crippen LogP contribution in [0.25, 0.3) is 0 Å². The molecular weight excluding hydrogens is 200 g/mol. The molecule has 0 aliphatic rings. The summed E-state index contributed by atoms with van der Waals surface area (Å²) in [5.74, 6) is 0. The first-order chi connectivity index (χ1) is 6.47. The lowest BCUT2D eigenvalue weighted by atomic mass is 10.1. The van der Waals surface area contributed by atoms with Gasteiger partial charge in [0.1, 0.15) is 0 Å². The standard InChI is InChI=1S/C9H16N2O2S/c1-9(2,13)3-4-10-5-7-6-14-8(12)11-7/h6,10,13H,3-5H2,1-2H3,(H,11,12). The number of nitrogens with one attached hydrogen (secondary N) is 2. The van der Waals surface area contributed by atoms with Gasteiger partial charge in [0, 0.05) is 17.6 Å². The van der Waals surface area contributed by atoms with Gasteiger partial charge in [-0.1, -0.05) is 11.3 Å². The van der Waals surface area contributed by atoms with Crippen LogP contribution in [0.1, 0.15) is 26.0 Å². The van der Waals surface area contributed by atoms with E-state index in [2.05, 4.69) is 10.3 Å². The summed E-state index contributed by atoms with van der Waals surface area (Å²) in [6.45, 7) is 4.94. The first kappa shape index (κ1) is 11.4. The molecule has 0 spiro atoms. The zero-order valence-electron chi connectivity index (χ0n) is 8.46. The number of rotatable bonds is 5. The van der Waals surface area contributed by atoms with E-state index < -0.39 is 5.60 Å². The van der Waals surface area contributed by atoms with Gasteiger partial charge in [-0.25, -0.2) is 0 Å². The van der Waals surface area contributed by atoms with Crippen LogP contribution in [0.2, 0.25) is 0 Å². The van der Waals surface area contributed by atoms with Crippen molar-refractivity contribution in [2.24, 2.45) is 0 Å². The molecule has 0 fully saturated rings. The van der Waals surface area contributed by atoms with Crippen LogP contribution < -0.4 is 10.2 Å². The lowest BCUT2D eigenvalue weighted by molar-refractivity contribution is 0.0711. The molecule has 0 aliphatic heterocycles. The first-order valence-corrected chi connectivity index (χ1v) is 5.45. The molecule has 1 aromatic heterocycles. The number of hydrogen-bond donors (Lipinski definition) is 3. The number of H-pyrrole nitrogens is 1. The van der Waals surface area contributed by atoms with E-state index >= 15 is 0 Å². The van der Waals surface area contributed by atoms with Gasteiger partial charge < -0.3 is 15.4 Å². The molecule has 4 nitrogen and oxygen atoms in total. The van der Waals surface area contributed by atoms with E-state index in [1.165, 1.54) is 11.3 Å². The highest BCUT2D eigenvalue weighted by atomic mass is 32.1. The van der Waals surface area contributed by atoms with Crippen molar-refractivity contribution in [3.63, 3.8) is 0 Å². The molecule has 14 heavy (non-hydrogen) atoms. The van der Waals surface area contributed by atoms with Crippen molar-refractivity contribution < 1.29 is 5.11 Å². The fourth-order valence-electron chi connectivity index (χ4n) is 1.02. The molecule has 0 saturated heterocycles. The lowest BCUT2D eigenvalue weighted by Gasteiger charge is -2.16. The number of aromatic amines is 1. The van der Waals surface area contributed by atoms with Crippen LogP contribution in [0.3, 0.4) is 0 Å². The van der Waals surface area contributed by atoms with Crippen LogP contribution in [0.15, 0.2) is 10.2 Å². The summed E-state index contributed by atoms with van der Waals surface area (Å²) in [5, 5.41) is 14.4. The van der Waals surface area contributed by atoms with Gasteiger partial charge in [-0.05, 0) is 26.8 Å². The molecule has 0 atom stereocenters. The number of hydrogen-bond acceptors (Lipinski definition) is 4. The van der Waals surface area contributed by atoms with E-state index in [0.29, 0.717) is 13.0 Å². The van der Waals surface area contributed by atoms with Crippen molar-refractivity contribution in [3.8, 4) is 0 Å². The predicted molar refractivity (Wildman–Crippen MR) is 57.6 cm³/mol. The molecule has 0 aliphatic carbocycles. The average molecular weight is 216 g/mol. The van der Waals surface area contributed by atoms with Gasteiger partial charge in [-0.2, -0.15) is 0 Å². The van der Waals surface area contributed by atoms with Gasteiger partial charge >= 0.3 is 4.87 Å². The Bertz CT molecular complexity index is 324. The largest absolute Gasteiger partial charge is 0.390 e. The lowest BCUT2D eigenvalue weighted by Crippen LogP contribution is -2.26. The Morgan fingerprint density at radius 1 is 1.64 bits per heavy atom. The van der Waals surface area contributed by atoms with E-state index in [4.69, 9.17) is 0 Å². The maximum Gasteiger partial charge on any atom is 0.304 e. The van der Waals surface area contributed by atoms with Gasteiger partial charge in [-0.3, -0.25) is 4.79 Å². The summed E-state index contributed by atoms with van der Waals surface area (Å²) in [4.78, 5) is 13.5. The monoisotopic (exact) mass is 216 g/mol. The van der Waals surface area contributed by atoms with Crippen LogP contribution >= 0.6 is 11.3 Å². The number of aliphatic hydroxyl groups is 1. The SMILES string of the molecule is CC(C)(O)CCNCc1csc(=O)[nH]1. The van der Waals surface area contributed by atoms with E-state index in [1.54, 1.807) is 19.2 Å². The number of aromatic nitrogens is 1. The first-order valence-electron chi connectivity index (χ1n) is 4.57. The van der Waals surface area contributed by atoms with E-state index in [-0.39, 0.29) is 4.87 Å².